The molecule has 1 aromatic heterocycles. The van der Waals surface area contributed by atoms with Crippen LogP contribution in [0.15, 0.2) is 30.6 Å². The summed E-state index contributed by atoms with van der Waals surface area (Å²) in [7, 11) is 0. The third-order valence-electron chi connectivity index (χ3n) is 4.44. The Bertz CT molecular complexity index is 704. The first kappa shape index (κ1) is 15.7. The lowest BCUT2D eigenvalue weighted by molar-refractivity contribution is -0.383. The SMILES string of the molecule is CCCN1CCCN(c2ccc([N+](=O)[O-])c3cnccc23)CC1. The van der Waals surface area contributed by atoms with E-state index in [-0.39, 0.29) is 10.6 Å². The maximum Gasteiger partial charge on any atom is 0.278 e. The molecular formula is C17H22N4O2. The van der Waals surface area contributed by atoms with Crippen LogP contribution >= 0.6 is 0 Å². The van der Waals surface area contributed by atoms with Gasteiger partial charge in [-0.25, -0.2) is 0 Å². The van der Waals surface area contributed by atoms with E-state index < -0.39 is 0 Å². The fourth-order valence-electron chi connectivity index (χ4n) is 3.35. The van der Waals surface area contributed by atoms with Gasteiger partial charge in [0.25, 0.3) is 5.69 Å². The van der Waals surface area contributed by atoms with Crippen molar-refractivity contribution in [2.75, 3.05) is 37.6 Å². The van der Waals surface area contributed by atoms with Crippen LogP contribution in [-0.2, 0) is 0 Å². The lowest BCUT2D eigenvalue weighted by Gasteiger charge is -2.24. The molecule has 0 saturated carbocycles. The average molecular weight is 314 g/mol. The van der Waals surface area contributed by atoms with E-state index in [0.717, 1.165) is 50.2 Å². The molecule has 23 heavy (non-hydrogen) atoms. The monoisotopic (exact) mass is 314 g/mol. The normalized spacial score (nSPS) is 16.5. The molecule has 1 fully saturated rings. The summed E-state index contributed by atoms with van der Waals surface area (Å²) in [5, 5.41) is 12.8. The summed E-state index contributed by atoms with van der Waals surface area (Å²) >= 11 is 0. The standard InChI is InChI=1S/C17H22N4O2/c1-2-8-19-9-3-10-20(12-11-19)16-4-5-17(21(22)23)15-13-18-7-6-14(15)16/h4-7,13H,2-3,8-12H2,1H3. The Morgan fingerprint density at radius 3 is 2.83 bits per heavy atom. The molecule has 2 aromatic rings. The van der Waals surface area contributed by atoms with Gasteiger partial charge in [0.15, 0.2) is 0 Å². The molecule has 1 aromatic carbocycles. The zero-order valence-corrected chi connectivity index (χ0v) is 13.4. The molecular weight excluding hydrogens is 292 g/mol. The quantitative estimate of drug-likeness (QED) is 0.641. The number of non-ortho nitro benzene ring substituents is 1. The summed E-state index contributed by atoms with van der Waals surface area (Å²) in [6.45, 7) is 7.44. The van der Waals surface area contributed by atoms with Crippen molar-refractivity contribution in [1.82, 2.24) is 9.88 Å². The molecule has 3 rings (SSSR count). The highest BCUT2D eigenvalue weighted by molar-refractivity contribution is 5.99. The zero-order valence-electron chi connectivity index (χ0n) is 13.4. The van der Waals surface area contributed by atoms with E-state index in [2.05, 4.69) is 21.7 Å². The van der Waals surface area contributed by atoms with Crippen LogP contribution in [0, 0.1) is 10.1 Å². The molecule has 0 N–H and O–H groups in total. The number of hydrogen-bond acceptors (Lipinski definition) is 5. The van der Waals surface area contributed by atoms with E-state index in [1.807, 2.05) is 12.1 Å². The van der Waals surface area contributed by atoms with E-state index in [9.17, 15) is 10.1 Å². The van der Waals surface area contributed by atoms with Gasteiger partial charge in [-0.15, -0.1) is 0 Å². The molecule has 1 aliphatic heterocycles. The molecule has 0 amide bonds. The molecule has 0 spiro atoms. The Balaban J connectivity index is 1.94. The van der Waals surface area contributed by atoms with Crippen molar-refractivity contribution in [3.63, 3.8) is 0 Å². The van der Waals surface area contributed by atoms with E-state index in [1.54, 1.807) is 18.5 Å². The minimum Gasteiger partial charge on any atom is -0.370 e. The minimum absolute atomic E-state index is 0.124. The molecule has 122 valence electrons. The van der Waals surface area contributed by atoms with Crippen LogP contribution in [0.4, 0.5) is 11.4 Å². The van der Waals surface area contributed by atoms with Gasteiger partial charge in [-0.1, -0.05) is 6.92 Å². The second-order valence-corrected chi connectivity index (χ2v) is 5.96. The van der Waals surface area contributed by atoms with Crippen LogP contribution in [0.3, 0.4) is 0 Å². The minimum atomic E-state index is -0.334. The van der Waals surface area contributed by atoms with E-state index in [0.29, 0.717) is 5.39 Å². The first-order chi connectivity index (χ1) is 11.2. The van der Waals surface area contributed by atoms with Crippen molar-refractivity contribution in [1.29, 1.82) is 0 Å². The summed E-state index contributed by atoms with van der Waals surface area (Å²) in [4.78, 5) is 19.8. The number of nitrogens with zero attached hydrogens (tertiary/aromatic N) is 4. The van der Waals surface area contributed by atoms with Gasteiger partial charge < -0.3 is 9.80 Å². The Labute approximate surface area is 135 Å². The third-order valence-corrected chi connectivity index (χ3v) is 4.44. The van der Waals surface area contributed by atoms with Gasteiger partial charge in [-0.2, -0.15) is 0 Å². The van der Waals surface area contributed by atoms with Gasteiger partial charge >= 0.3 is 0 Å². The Hall–Kier alpha value is -2.21. The number of hydrogen-bond donors (Lipinski definition) is 0. The maximum absolute atomic E-state index is 11.2. The van der Waals surface area contributed by atoms with E-state index in [1.165, 1.54) is 6.42 Å². The Kier molecular flexibility index (Phi) is 4.71. The first-order valence-corrected chi connectivity index (χ1v) is 8.19. The van der Waals surface area contributed by atoms with Gasteiger partial charge in [0.2, 0.25) is 0 Å². The molecule has 0 bridgehead atoms. The number of anilines is 1. The number of nitro benzene ring substituents is 1. The van der Waals surface area contributed by atoms with Crippen molar-refractivity contribution in [2.45, 2.75) is 19.8 Å². The lowest BCUT2D eigenvalue weighted by atomic mass is 10.1. The fourth-order valence-corrected chi connectivity index (χ4v) is 3.35. The summed E-state index contributed by atoms with van der Waals surface area (Å²) < 4.78 is 0. The summed E-state index contributed by atoms with van der Waals surface area (Å²) in [5.74, 6) is 0. The van der Waals surface area contributed by atoms with E-state index >= 15 is 0 Å². The predicted molar refractivity (Wildman–Crippen MR) is 92.0 cm³/mol. The van der Waals surface area contributed by atoms with Crippen LogP contribution in [0.1, 0.15) is 19.8 Å². The first-order valence-electron chi connectivity index (χ1n) is 8.19. The number of benzene rings is 1. The largest absolute Gasteiger partial charge is 0.370 e. The van der Waals surface area contributed by atoms with Gasteiger partial charge in [0.05, 0.1) is 10.3 Å². The number of nitro groups is 1. The molecule has 1 saturated heterocycles. The van der Waals surface area contributed by atoms with Crippen LogP contribution < -0.4 is 4.90 Å². The summed E-state index contributed by atoms with van der Waals surface area (Å²) in [6, 6.07) is 5.37. The topological polar surface area (TPSA) is 62.5 Å². The van der Waals surface area contributed by atoms with E-state index in [4.69, 9.17) is 0 Å². The smallest absolute Gasteiger partial charge is 0.278 e. The highest BCUT2D eigenvalue weighted by Gasteiger charge is 2.20. The van der Waals surface area contributed by atoms with Crippen molar-refractivity contribution in [3.05, 3.63) is 40.7 Å². The van der Waals surface area contributed by atoms with Gasteiger partial charge in [-0.05, 0) is 38.1 Å². The van der Waals surface area contributed by atoms with Crippen molar-refractivity contribution >= 4 is 22.1 Å². The average Bonchev–Trinajstić information content (AvgIpc) is 2.79. The Morgan fingerprint density at radius 1 is 1.17 bits per heavy atom. The van der Waals surface area contributed by atoms with Crippen LogP contribution in [0.2, 0.25) is 0 Å². The second-order valence-electron chi connectivity index (χ2n) is 5.96. The predicted octanol–water partition coefficient (Wildman–Crippen LogP) is 3.07. The molecule has 0 aliphatic carbocycles. The number of rotatable bonds is 4. The van der Waals surface area contributed by atoms with Gasteiger partial charge in [0.1, 0.15) is 0 Å². The number of pyridine rings is 1. The highest BCUT2D eigenvalue weighted by Crippen LogP contribution is 2.33. The maximum atomic E-state index is 11.2. The molecule has 1 aliphatic rings. The van der Waals surface area contributed by atoms with Crippen molar-refractivity contribution in [2.24, 2.45) is 0 Å². The molecule has 6 nitrogen and oxygen atoms in total. The molecule has 6 heteroatoms. The van der Waals surface area contributed by atoms with Crippen LogP contribution in [0.5, 0.6) is 0 Å². The molecule has 0 atom stereocenters. The molecule has 0 unspecified atom stereocenters. The van der Waals surface area contributed by atoms with Crippen molar-refractivity contribution in [3.8, 4) is 0 Å². The fraction of sp³-hybridized carbons (Fsp3) is 0.471. The molecule has 2 heterocycles. The lowest BCUT2D eigenvalue weighted by Crippen LogP contribution is -2.31. The second kappa shape index (κ2) is 6.91. The van der Waals surface area contributed by atoms with Gasteiger partial charge in [-0.3, -0.25) is 15.1 Å². The van der Waals surface area contributed by atoms with Crippen molar-refractivity contribution < 1.29 is 4.92 Å². The van der Waals surface area contributed by atoms with Crippen LogP contribution in [-0.4, -0.2) is 47.5 Å². The van der Waals surface area contributed by atoms with Crippen LogP contribution in [0.25, 0.3) is 10.8 Å². The Morgan fingerprint density at radius 2 is 2.04 bits per heavy atom. The zero-order chi connectivity index (χ0) is 16.2. The number of aromatic nitrogens is 1. The third kappa shape index (κ3) is 3.27. The summed E-state index contributed by atoms with van der Waals surface area (Å²) in [6.07, 6.45) is 5.59. The molecule has 0 radical (unpaired) electrons. The highest BCUT2D eigenvalue weighted by atomic mass is 16.6. The number of fused-ring (bicyclic) bond motifs is 1. The summed E-state index contributed by atoms with van der Waals surface area (Å²) in [5.41, 5.74) is 1.20. The van der Waals surface area contributed by atoms with Gasteiger partial charge in [0, 0.05) is 49.2 Å².